The van der Waals surface area contributed by atoms with Crippen LogP contribution in [0.25, 0.3) is 27.0 Å². The summed E-state index contributed by atoms with van der Waals surface area (Å²) < 4.78 is 27.5. The van der Waals surface area contributed by atoms with Gasteiger partial charge in [-0.05, 0) is 38.1 Å². The number of hydrogen-bond donors (Lipinski definition) is 2. The topological polar surface area (TPSA) is 130 Å². The number of nitrogens with zero attached hydrogens (tertiary/aromatic N) is 5. The number of rotatable bonds is 8. The average molecular weight is 520 g/mol. The van der Waals surface area contributed by atoms with E-state index in [1.807, 2.05) is 32.0 Å². The number of thiophene rings is 1. The summed E-state index contributed by atoms with van der Waals surface area (Å²) in [5.41, 5.74) is 8.51. The second kappa shape index (κ2) is 9.82. The average Bonchev–Trinajstić information content (AvgIpc) is 3.53. The van der Waals surface area contributed by atoms with Crippen molar-refractivity contribution in [3.63, 3.8) is 0 Å². The summed E-state index contributed by atoms with van der Waals surface area (Å²) in [5, 5.41) is 7.37. The molecule has 0 saturated heterocycles. The van der Waals surface area contributed by atoms with Crippen LogP contribution in [0.15, 0.2) is 55.2 Å². The summed E-state index contributed by atoms with van der Waals surface area (Å²) in [5.74, 6) is -0.00681. The SMILES string of the molecule is COc1cc(F)ccc1-c1c(C(N)=O)sc2cnc(Nc3ccc(-n4cncn4)cc3OC(C)C)nc12. The van der Waals surface area contributed by atoms with E-state index in [-0.39, 0.29) is 22.7 Å². The fourth-order valence-corrected chi connectivity index (χ4v) is 4.80. The Morgan fingerprint density at radius 3 is 2.73 bits per heavy atom. The van der Waals surface area contributed by atoms with E-state index in [4.69, 9.17) is 15.2 Å². The molecular weight excluding hydrogens is 497 g/mol. The molecule has 188 valence electrons. The number of carbonyl (C=O) groups is 1. The smallest absolute Gasteiger partial charge is 0.259 e. The van der Waals surface area contributed by atoms with Gasteiger partial charge < -0.3 is 20.5 Å². The number of aromatic nitrogens is 5. The molecule has 1 amide bonds. The van der Waals surface area contributed by atoms with Gasteiger partial charge in [-0.2, -0.15) is 5.10 Å². The summed E-state index contributed by atoms with van der Waals surface area (Å²) in [7, 11) is 1.43. The summed E-state index contributed by atoms with van der Waals surface area (Å²) >= 11 is 1.16. The lowest BCUT2D eigenvalue weighted by Gasteiger charge is -2.16. The minimum absolute atomic E-state index is 0.0949. The Morgan fingerprint density at radius 2 is 2.03 bits per heavy atom. The first-order valence-corrected chi connectivity index (χ1v) is 12.0. The molecule has 3 N–H and O–H groups in total. The zero-order chi connectivity index (χ0) is 26.1. The molecule has 0 spiro atoms. The van der Waals surface area contributed by atoms with Crippen molar-refractivity contribution in [1.29, 1.82) is 0 Å². The third kappa shape index (κ3) is 4.78. The van der Waals surface area contributed by atoms with Crippen LogP contribution in [0.5, 0.6) is 11.5 Å². The molecule has 0 bridgehead atoms. The number of ether oxygens (including phenoxy) is 2. The van der Waals surface area contributed by atoms with E-state index in [9.17, 15) is 9.18 Å². The highest BCUT2D eigenvalue weighted by Crippen LogP contribution is 2.42. The molecule has 37 heavy (non-hydrogen) atoms. The van der Waals surface area contributed by atoms with Crippen molar-refractivity contribution in [3.8, 4) is 28.3 Å². The lowest BCUT2D eigenvalue weighted by atomic mass is 10.0. The van der Waals surface area contributed by atoms with Crippen LogP contribution in [0.3, 0.4) is 0 Å². The van der Waals surface area contributed by atoms with Gasteiger partial charge in [-0.25, -0.2) is 24.0 Å². The van der Waals surface area contributed by atoms with Gasteiger partial charge in [-0.15, -0.1) is 11.3 Å². The van der Waals surface area contributed by atoms with Crippen LogP contribution in [-0.2, 0) is 0 Å². The minimum Gasteiger partial charge on any atom is -0.496 e. The first-order valence-electron chi connectivity index (χ1n) is 11.2. The number of benzene rings is 2. The van der Waals surface area contributed by atoms with Crippen molar-refractivity contribution < 1.29 is 18.7 Å². The maximum Gasteiger partial charge on any atom is 0.259 e. The number of nitrogens with one attached hydrogen (secondary N) is 1. The normalized spacial score (nSPS) is 11.2. The zero-order valence-corrected chi connectivity index (χ0v) is 20.9. The lowest BCUT2D eigenvalue weighted by molar-refractivity contribution is 0.100. The molecule has 3 heterocycles. The first kappa shape index (κ1) is 24.1. The van der Waals surface area contributed by atoms with Gasteiger partial charge in [0.15, 0.2) is 0 Å². The fraction of sp³-hybridized carbons (Fsp3) is 0.160. The predicted molar refractivity (Wildman–Crippen MR) is 138 cm³/mol. The first-order chi connectivity index (χ1) is 17.8. The molecule has 0 aliphatic rings. The summed E-state index contributed by atoms with van der Waals surface area (Å²) in [6.45, 7) is 3.85. The van der Waals surface area contributed by atoms with E-state index in [1.54, 1.807) is 17.2 Å². The molecule has 0 atom stereocenters. The third-order valence-electron chi connectivity index (χ3n) is 5.35. The van der Waals surface area contributed by atoms with Gasteiger partial charge in [0.05, 0.1) is 41.0 Å². The van der Waals surface area contributed by atoms with Crippen LogP contribution in [0, 0.1) is 5.82 Å². The monoisotopic (exact) mass is 519 g/mol. The van der Waals surface area contributed by atoms with Gasteiger partial charge in [0.2, 0.25) is 5.95 Å². The molecule has 0 aliphatic carbocycles. The number of primary amides is 1. The highest BCUT2D eigenvalue weighted by atomic mass is 32.1. The maximum atomic E-state index is 13.9. The molecule has 0 radical (unpaired) electrons. The second-order valence-corrected chi connectivity index (χ2v) is 9.29. The molecule has 5 rings (SSSR count). The quantitative estimate of drug-likeness (QED) is 0.301. The highest BCUT2D eigenvalue weighted by Gasteiger charge is 2.23. The van der Waals surface area contributed by atoms with Crippen LogP contribution in [0.4, 0.5) is 16.0 Å². The number of nitrogens with two attached hydrogens (primary N) is 1. The van der Waals surface area contributed by atoms with Crippen molar-refractivity contribution >= 4 is 39.1 Å². The molecule has 10 nitrogen and oxygen atoms in total. The number of carbonyl (C=O) groups excluding carboxylic acids is 1. The largest absolute Gasteiger partial charge is 0.496 e. The van der Waals surface area contributed by atoms with E-state index < -0.39 is 11.7 Å². The van der Waals surface area contributed by atoms with E-state index in [2.05, 4.69) is 25.4 Å². The van der Waals surface area contributed by atoms with E-state index in [1.165, 1.54) is 31.6 Å². The molecule has 0 unspecified atom stereocenters. The number of halogens is 1. The Morgan fingerprint density at radius 1 is 1.19 bits per heavy atom. The zero-order valence-electron chi connectivity index (χ0n) is 20.1. The van der Waals surface area contributed by atoms with Gasteiger partial charge >= 0.3 is 0 Å². The number of anilines is 2. The van der Waals surface area contributed by atoms with E-state index in [0.29, 0.717) is 32.8 Å². The van der Waals surface area contributed by atoms with Crippen molar-refractivity contribution in [2.75, 3.05) is 12.4 Å². The second-order valence-electron chi connectivity index (χ2n) is 8.23. The Balaban J connectivity index is 1.60. The molecule has 12 heteroatoms. The number of amides is 1. The van der Waals surface area contributed by atoms with Crippen LogP contribution in [0.1, 0.15) is 23.5 Å². The van der Waals surface area contributed by atoms with E-state index >= 15 is 0 Å². The molecular formula is C25H22FN7O3S. The van der Waals surface area contributed by atoms with Gasteiger partial charge in [0, 0.05) is 23.3 Å². The van der Waals surface area contributed by atoms with Crippen molar-refractivity contribution in [2.45, 2.75) is 20.0 Å². The Labute approximate surface area is 214 Å². The fourth-order valence-electron chi connectivity index (χ4n) is 3.82. The van der Waals surface area contributed by atoms with E-state index in [0.717, 1.165) is 17.0 Å². The van der Waals surface area contributed by atoms with Crippen molar-refractivity contribution in [1.82, 2.24) is 24.7 Å². The number of methoxy groups -OCH3 is 1. The third-order valence-corrected chi connectivity index (χ3v) is 6.47. The van der Waals surface area contributed by atoms with Gasteiger partial charge in [-0.3, -0.25) is 4.79 Å². The Kier molecular flexibility index (Phi) is 6.40. The number of fused-ring (bicyclic) bond motifs is 1. The minimum atomic E-state index is -0.629. The summed E-state index contributed by atoms with van der Waals surface area (Å²) in [6.07, 6.45) is 4.56. The molecule has 3 aromatic heterocycles. The maximum absolute atomic E-state index is 13.9. The van der Waals surface area contributed by atoms with Crippen molar-refractivity contribution in [2.24, 2.45) is 5.73 Å². The van der Waals surface area contributed by atoms with Crippen molar-refractivity contribution in [3.05, 3.63) is 65.9 Å². The Hall–Kier alpha value is -4.58. The standard InChI is InChI=1S/C25H22FN7O3S/c1-13(2)36-19-9-15(33-12-28-11-30-33)5-7-17(19)31-25-29-10-20-22(32-25)21(23(37-20)24(27)34)16-6-4-14(26)8-18(16)35-3/h4-13H,1-3H3,(H2,27,34)(H,29,31,32). The predicted octanol–water partition coefficient (Wildman–Crippen LogP) is 4.72. The molecule has 2 aromatic carbocycles. The summed E-state index contributed by atoms with van der Waals surface area (Å²) in [4.78, 5) is 25.7. The molecule has 5 aromatic rings. The number of hydrogen-bond acceptors (Lipinski definition) is 9. The lowest BCUT2D eigenvalue weighted by Crippen LogP contribution is -2.10. The highest BCUT2D eigenvalue weighted by molar-refractivity contribution is 7.21. The van der Waals surface area contributed by atoms with Crippen LogP contribution >= 0.6 is 11.3 Å². The van der Waals surface area contributed by atoms with Crippen LogP contribution < -0.4 is 20.5 Å². The van der Waals surface area contributed by atoms with Gasteiger partial charge in [0.1, 0.15) is 34.8 Å². The van der Waals surface area contributed by atoms with Gasteiger partial charge in [-0.1, -0.05) is 0 Å². The summed E-state index contributed by atoms with van der Waals surface area (Å²) in [6, 6.07) is 9.59. The Bertz CT molecular complexity index is 1600. The van der Waals surface area contributed by atoms with Crippen LogP contribution in [-0.4, -0.2) is 43.9 Å². The van der Waals surface area contributed by atoms with Gasteiger partial charge in [0.25, 0.3) is 5.91 Å². The molecule has 0 saturated carbocycles. The van der Waals surface area contributed by atoms with Crippen LogP contribution in [0.2, 0.25) is 0 Å². The molecule has 0 aliphatic heterocycles. The molecule has 0 fully saturated rings.